The number of aromatic hydroxyl groups is 2. The van der Waals surface area contributed by atoms with E-state index in [2.05, 4.69) is 10.6 Å². The molecule has 0 fully saturated rings. The van der Waals surface area contributed by atoms with Crippen LogP contribution in [-0.4, -0.2) is 34.2 Å². The first-order valence-electron chi connectivity index (χ1n) is 10.3. The number of halogens is 1. The second kappa shape index (κ2) is 9.27. The molecule has 2 aromatic carbocycles. The van der Waals surface area contributed by atoms with Crippen LogP contribution in [0.3, 0.4) is 0 Å². The van der Waals surface area contributed by atoms with Gasteiger partial charge in [0.1, 0.15) is 0 Å². The number of phenols is 2. The second-order valence-electron chi connectivity index (χ2n) is 7.58. The minimum absolute atomic E-state index is 0.194. The number of aryl methyl sites for hydroxylation is 1. The highest BCUT2D eigenvalue weighted by Gasteiger charge is 2.18. The highest BCUT2D eigenvalue weighted by Crippen LogP contribution is 2.34. The molecule has 1 heterocycles. The van der Waals surface area contributed by atoms with Gasteiger partial charge in [0.2, 0.25) is 5.91 Å². The maximum Gasteiger partial charge on any atom is 0.244 e. The largest absolute Gasteiger partial charge is 0.504 e. The van der Waals surface area contributed by atoms with Gasteiger partial charge in [0.15, 0.2) is 11.5 Å². The van der Waals surface area contributed by atoms with Gasteiger partial charge in [-0.25, -0.2) is 0 Å². The molecule has 6 nitrogen and oxygen atoms in total. The summed E-state index contributed by atoms with van der Waals surface area (Å²) in [6.07, 6.45) is 7.25. The Morgan fingerprint density at radius 2 is 1.90 bits per heavy atom. The Balaban J connectivity index is 1.40. The third-order valence-corrected chi connectivity index (χ3v) is 5.61. The van der Waals surface area contributed by atoms with Crippen molar-refractivity contribution in [1.82, 2.24) is 10.3 Å². The molecule has 0 saturated heterocycles. The maximum absolute atomic E-state index is 12.1. The predicted molar refractivity (Wildman–Crippen MR) is 124 cm³/mol. The van der Waals surface area contributed by atoms with Crippen LogP contribution >= 0.6 is 11.6 Å². The van der Waals surface area contributed by atoms with E-state index in [1.807, 2.05) is 18.2 Å². The third-order valence-electron chi connectivity index (χ3n) is 5.38. The molecule has 7 heteroatoms. The summed E-state index contributed by atoms with van der Waals surface area (Å²) in [5, 5.41) is 26.9. The topological polar surface area (TPSA) is 94.5 Å². The lowest BCUT2D eigenvalue weighted by atomic mass is 9.92. The van der Waals surface area contributed by atoms with Crippen LogP contribution in [0.15, 0.2) is 42.5 Å². The minimum Gasteiger partial charge on any atom is -0.504 e. The summed E-state index contributed by atoms with van der Waals surface area (Å²) >= 11 is 6.17. The molecule has 0 unspecified atom stereocenters. The van der Waals surface area contributed by atoms with Gasteiger partial charge in [-0.2, -0.15) is 0 Å². The number of rotatable bonds is 6. The van der Waals surface area contributed by atoms with Crippen molar-refractivity contribution >= 4 is 40.2 Å². The average Bonchev–Trinajstić information content (AvgIpc) is 2.76. The van der Waals surface area contributed by atoms with Gasteiger partial charge in [-0.15, -0.1) is 0 Å². The molecule has 1 amide bonds. The Kier molecular flexibility index (Phi) is 6.28. The quantitative estimate of drug-likeness (QED) is 0.260. The van der Waals surface area contributed by atoms with Crippen molar-refractivity contribution in [3.8, 4) is 11.5 Å². The van der Waals surface area contributed by atoms with Crippen LogP contribution in [0, 0.1) is 0 Å². The van der Waals surface area contributed by atoms with E-state index in [1.54, 1.807) is 12.1 Å². The smallest absolute Gasteiger partial charge is 0.244 e. The van der Waals surface area contributed by atoms with Crippen LogP contribution < -0.4 is 10.6 Å². The zero-order valence-corrected chi connectivity index (χ0v) is 17.7. The van der Waals surface area contributed by atoms with E-state index in [0.717, 1.165) is 48.0 Å². The van der Waals surface area contributed by atoms with Gasteiger partial charge in [0.25, 0.3) is 0 Å². The standard InChI is InChI=1S/C24H24ClN3O3/c25-16-7-8-18-20(14-16)28-19-4-2-1-3-17(19)24(18)27-12-11-26-23(31)10-6-15-5-9-21(29)22(30)13-15/h5-10,13-14,29-30H,1-4,11-12H2,(H,26,31)(H,27,28)/b10-6+. The molecule has 0 bridgehead atoms. The number of pyridine rings is 1. The van der Waals surface area contributed by atoms with Gasteiger partial charge in [0.05, 0.1) is 5.52 Å². The number of fused-ring (bicyclic) bond motifs is 2. The number of benzene rings is 2. The fourth-order valence-electron chi connectivity index (χ4n) is 3.85. The molecular formula is C24H24ClN3O3. The number of aromatic nitrogens is 1. The molecule has 160 valence electrons. The van der Waals surface area contributed by atoms with E-state index in [4.69, 9.17) is 16.6 Å². The molecule has 0 radical (unpaired) electrons. The molecule has 1 aromatic heterocycles. The number of carbonyl (C=O) groups is 1. The number of amides is 1. The van der Waals surface area contributed by atoms with E-state index in [9.17, 15) is 15.0 Å². The normalized spacial score (nSPS) is 13.3. The zero-order chi connectivity index (χ0) is 21.8. The van der Waals surface area contributed by atoms with Crippen LogP contribution in [0.5, 0.6) is 11.5 Å². The first kappa shape index (κ1) is 21.0. The van der Waals surface area contributed by atoms with Crippen molar-refractivity contribution in [2.24, 2.45) is 0 Å². The summed E-state index contributed by atoms with van der Waals surface area (Å²) in [7, 11) is 0. The van der Waals surface area contributed by atoms with Gasteiger partial charge in [-0.05, 0) is 73.2 Å². The van der Waals surface area contributed by atoms with E-state index in [0.29, 0.717) is 23.7 Å². The fraction of sp³-hybridized carbons (Fsp3) is 0.250. The maximum atomic E-state index is 12.1. The zero-order valence-electron chi connectivity index (χ0n) is 17.0. The molecule has 31 heavy (non-hydrogen) atoms. The van der Waals surface area contributed by atoms with Crippen molar-refractivity contribution in [3.63, 3.8) is 0 Å². The lowest BCUT2D eigenvalue weighted by Crippen LogP contribution is -2.27. The number of carbonyl (C=O) groups excluding carboxylic acids is 1. The molecule has 4 N–H and O–H groups in total. The highest BCUT2D eigenvalue weighted by molar-refractivity contribution is 6.31. The van der Waals surface area contributed by atoms with E-state index >= 15 is 0 Å². The molecule has 0 spiro atoms. The van der Waals surface area contributed by atoms with Crippen LogP contribution in [0.25, 0.3) is 17.0 Å². The predicted octanol–water partition coefficient (Wildman–Crippen LogP) is 4.42. The number of nitrogens with one attached hydrogen (secondary N) is 2. The molecule has 0 atom stereocenters. The second-order valence-corrected chi connectivity index (χ2v) is 8.02. The molecule has 1 aliphatic rings. The summed E-state index contributed by atoms with van der Waals surface area (Å²) in [5.74, 6) is -0.649. The van der Waals surface area contributed by atoms with Crippen molar-refractivity contribution in [2.45, 2.75) is 25.7 Å². The first-order chi connectivity index (χ1) is 15.0. The van der Waals surface area contributed by atoms with Gasteiger partial charge in [-0.1, -0.05) is 17.7 Å². The molecule has 0 saturated carbocycles. The number of phenolic OH excluding ortho intramolecular Hbond substituents is 2. The Hall–Kier alpha value is -3.25. The summed E-state index contributed by atoms with van der Waals surface area (Å²) in [6, 6.07) is 10.2. The molecule has 1 aliphatic carbocycles. The van der Waals surface area contributed by atoms with Gasteiger partial charge in [-0.3, -0.25) is 9.78 Å². The average molecular weight is 438 g/mol. The van der Waals surface area contributed by atoms with Crippen molar-refractivity contribution in [3.05, 3.63) is 64.3 Å². The molecule has 3 aromatic rings. The van der Waals surface area contributed by atoms with Gasteiger partial charge < -0.3 is 20.8 Å². The lowest BCUT2D eigenvalue weighted by Gasteiger charge is -2.22. The van der Waals surface area contributed by atoms with E-state index in [-0.39, 0.29) is 17.4 Å². The Bertz CT molecular complexity index is 1160. The summed E-state index contributed by atoms with van der Waals surface area (Å²) in [6.45, 7) is 1.03. The van der Waals surface area contributed by atoms with Crippen LogP contribution in [-0.2, 0) is 17.6 Å². The third kappa shape index (κ3) is 4.91. The molecule has 0 aliphatic heterocycles. The van der Waals surface area contributed by atoms with Gasteiger partial charge in [0, 0.05) is 41.0 Å². The Morgan fingerprint density at radius 1 is 1.06 bits per heavy atom. The van der Waals surface area contributed by atoms with E-state index < -0.39 is 0 Å². The summed E-state index contributed by atoms with van der Waals surface area (Å²) in [5.41, 5.74) is 4.99. The molecular weight excluding hydrogens is 414 g/mol. The number of nitrogens with zero attached hydrogens (tertiary/aromatic N) is 1. The fourth-order valence-corrected chi connectivity index (χ4v) is 4.02. The van der Waals surface area contributed by atoms with Crippen molar-refractivity contribution in [2.75, 3.05) is 18.4 Å². The summed E-state index contributed by atoms with van der Waals surface area (Å²) < 4.78 is 0. The monoisotopic (exact) mass is 437 g/mol. The number of hydrogen-bond acceptors (Lipinski definition) is 5. The van der Waals surface area contributed by atoms with Gasteiger partial charge >= 0.3 is 0 Å². The van der Waals surface area contributed by atoms with E-state index in [1.165, 1.54) is 23.8 Å². The minimum atomic E-state index is -0.234. The highest BCUT2D eigenvalue weighted by atomic mass is 35.5. The van der Waals surface area contributed by atoms with Crippen LogP contribution in [0.4, 0.5) is 5.69 Å². The number of anilines is 1. The van der Waals surface area contributed by atoms with Crippen molar-refractivity contribution < 1.29 is 15.0 Å². The van der Waals surface area contributed by atoms with Crippen molar-refractivity contribution in [1.29, 1.82) is 0 Å². The molecule has 4 rings (SSSR count). The Morgan fingerprint density at radius 3 is 2.74 bits per heavy atom. The lowest BCUT2D eigenvalue weighted by molar-refractivity contribution is -0.116. The first-order valence-corrected chi connectivity index (χ1v) is 10.7. The van der Waals surface area contributed by atoms with Crippen LogP contribution in [0.1, 0.15) is 29.7 Å². The summed E-state index contributed by atoms with van der Waals surface area (Å²) in [4.78, 5) is 16.9. The van der Waals surface area contributed by atoms with Crippen LogP contribution in [0.2, 0.25) is 5.02 Å². The Labute approximate surface area is 185 Å². The number of hydrogen-bond donors (Lipinski definition) is 4. The SMILES string of the molecule is O=C(/C=C/c1ccc(O)c(O)c1)NCCNc1c2c(nc3cc(Cl)ccc13)CCCC2.